The van der Waals surface area contributed by atoms with Crippen LogP contribution in [0.3, 0.4) is 0 Å². The first-order chi connectivity index (χ1) is 9.13. The van der Waals surface area contributed by atoms with Gasteiger partial charge in [-0.25, -0.2) is 9.97 Å². The molecular formula is C14H24N4O. The highest BCUT2D eigenvalue weighted by atomic mass is 16.3. The van der Waals surface area contributed by atoms with Gasteiger partial charge in [0.25, 0.3) is 0 Å². The van der Waals surface area contributed by atoms with Crippen molar-refractivity contribution in [3.05, 3.63) is 11.9 Å². The number of aromatic nitrogens is 2. The van der Waals surface area contributed by atoms with Crippen molar-refractivity contribution < 1.29 is 5.11 Å². The largest absolute Gasteiger partial charge is 0.393 e. The molecule has 2 atom stereocenters. The second kappa shape index (κ2) is 6.19. The molecular weight excluding hydrogens is 240 g/mol. The van der Waals surface area contributed by atoms with E-state index in [0.717, 1.165) is 49.9 Å². The van der Waals surface area contributed by atoms with Crippen LogP contribution in [0.2, 0.25) is 0 Å². The van der Waals surface area contributed by atoms with Crippen LogP contribution in [0.1, 0.15) is 33.0 Å². The summed E-state index contributed by atoms with van der Waals surface area (Å²) in [5.74, 6) is 3.09. The van der Waals surface area contributed by atoms with E-state index in [1.165, 1.54) is 0 Å². The predicted octanol–water partition coefficient (Wildman–Crippen LogP) is 1.68. The molecule has 1 fully saturated rings. The first kappa shape index (κ1) is 14.1. The number of anilines is 2. The van der Waals surface area contributed by atoms with Crippen LogP contribution in [0.15, 0.2) is 6.07 Å². The van der Waals surface area contributed by atoms with Crippen LogP contribution >= 0.6 is 0 Å². The van der Waals surface area contributed by atoms with Gasteiger partial charge in [-0.1, -0.05) is 6.92 Å². The SMILES string of the molecule is CCNc1cc(N2CCC(C(C)O)C2)nc(CC)n1. The maximum atomic E-state index is 9.68. The summed E-state index contributed by atoms with van der Waals surface area (Å²) in [5.41, 5.74) is 0. The van der Waals surface area contributed by atoms with E-state index in [1.807, 2.05) is 13.0 Å². The number of aliphatic hydroxyl groups excluding tert-OH is 1. The quantitative estimate of drug-likeness (QED) is 0.847. The molecule has 0 aromatic carbocycles. The van der Waals surface area contributed by atoms with E-state index >= 15 is 0 Å². The minimum atomic E-state index is -0.245. The molecule has 106 valence electrons. The molecule has 0 aliphatic carbocycles. The zero-order chi connectivity index (χ0) is 13.8. The lowest BCUT2D eigenvalue weighted by atomic mass is 10.0. The zero-order valence-electron chi connectivity index (χ0n) is 12.1. The Hall–Kier alpha value is -1.36. The minimum absolute atomic E-state index is 0.245. The molecule has 2 unspecified atom stereocenters. The molecule has 2 heterocycles. The standard InChI is InChI=1S/C14H24N4O/c1-4-12-16-13(15-5-2)8-14(17-12)18-7-6-11(9-18)10(3)19/h8,10-11,19H,4-7,9H2,1-3H3,(H,15,16,17). The average molecular weight is 264 g/mol. The number of aliphatic hydroxyl groups is 1. The summed E-state index contributed by atoms with van der Waals surface area (Å²) in [5, 5.41) is 12.9. The molecule has 1 aliphatic heterocycles. The molecule has 1 saturated heterocycles. The summed E-state index contributed by atoms with van der Waals surface area (Å²) in [6.45, 7) is 8.69. The van der Waals surface area contributed by atoms with Crippen molar-refractivity contribution >= 4 is 11.6 Å². The van der Waals surface area contributed by atoms with Gasteiger partial charge in [0.1, 0.15) is 17.5 Å². The summed E-state index contributed by atoms with van der Waals surface area (Å²) in [6.07, 6.45) is 1.62. The first-order valence-electron chi connectivity index (χ1n) is 7.18. The Balaban J connectivity index is 2.17. The van der Waals surface area contributed by atoms with Crippen LogP contribution in [0.25, 0.3) is 0 Å². The third-order valence-electron chi connectivity index (χ3n) is 3.66. The number of nitrogens with zero attached hydrogens (tertiary/aromatic N) is 3. The molecule has 1 aromatic rings. The Labute approximate surface area is 115 Å². The molecule has 0 saturated carbocycles. The van der Waals surface area contributed by atoms with Crippen molar-refractivity contribution in [2.24, 2.45) is 5.92 Å². The summed E-state index contributed by atoms with van der Waals surface area (Å²) >= 11 is 0. The minimum Gasteiger partial charge on any atom is -0.393 e. The Morgan fingerprint density at radius 3 is 2.84 bits per heavy atom. The van der Waals surface area contributed by atoms with Gasteiger partial charge in [-0.3, -0.25) is 0 Å². The lowest BCUT2D eigenvalue weighted by Crippen LogP contribution is -2.25. The van der Waals surface area contributed by atoms with Crippen molar-refractivity contribution in [2.45, 2.75) is 39.7 Å². The second-order valence-corrected chi connectivity index (χ2v) is 5.15. The molecule has 1 aliphatic rings. The highest BCUT2D eigenvalue weighted by molar-refractivity contribution is 5.50. The topological polar surface area (TPSA) is 61.3 Å². The smallest absolute Gasteiger partial charge is 0.134 e. The monoisotopic (exact) mass is 264 g/mol. The Kier molecular flexibility index (Phi) is 4.58. The maximum absolute atomic E-state index is 9.68. The van der Waals surface area contributed by atoms with Crippen LogP contribution in [0.5, 0.6) is 0 Å². The fourth-order valence-electron chi connectivity index (χ4n) is 2.46. The van der Waals surface area contributed by atoms with E-state index < -0.39 is 0 Å². The number of hydrogen-bond acceptors (Lipinski definition) is 5. The lowest BCUT2D eigenvalue weighted by molar-refractivity contribution is 0.136. The highest BCUT2D eigenvalue weighted by Crippen LogP contribution is 2.25. The van der Waals surface area contributed by atoms with Gasteiger partial charge < -0.3 is 15.3 Å². The molecule has 2 rings (SSSR count). The van der Waals surface area contributed by atoms with Crippen LogP contribution in [-0.4, -0.2) is 40.8 Å². The van der Waals surface area contributed by atoms with Gasteiger partial charge >= 0.3 is 0 Å². The van der Waals surface area contributed by atoms with Gasteiger partial charge in [0, 0.05) is 38.0 Å². The average Bonchev–Trinajstić information content (AvgIpc) is 2.88. The third-order valence-corrected chi connectivity index (χ3v) is 3.66. The number of hydrogen-bond donors (Lipinski definition) is 2. The Bertz CT molecular complexity index is 422. The van der Waals surface area contributed by atoms with Crippen LogP contribution in [0.4, 0.5) is 11.6 Å². The molecule has 0 radical (unpaired) electrons. The lowest BCUT2D eigenvalue weighted by Gasteiger charge is -2.20. The normalized spacial score (nSPS) is 20.6. The predicted molar refractivity (Wildman–Crippen MR) is 77.6 cm³/mol. The van der Waals surface area contributed by atoms with Crippen molar-refractivity contribution in [1.82, 2.24) is 9.97 Å². The van der Waals surface area contributed by atoms with Gasteiger partial charge in [-0.2, -0.15) is 0 Å². The molecule has 1 aromatic heterocycles. The molecule has 0 bridgehead atoms. The maximum Gasteiger partial charge on any atom is 0.134 e. The van der Waals surface area contributed by atoms with E-state index in [4.69, 9.17) is 0 Å². The highest BCUT2D eigenvalue weighted by Gasteiger charge is 2.27. The van der Waals surface area contributed by atoms with E-state index in [0.29, 0.717) is 5.92 Å². The Morgan fingerprint density at radius 2 is 2.26 bits per heavy atom. The number of nitrogens with one attached hydrogen (secondary N) is 1. The van der Waals surface area contributed by atoms with E-state index in [-0.39, 0.29) is 6.10 Å². The van der Waals surface area contributed by atoms with E-state index in [1.54, 1.807) is 0 Å². The number of aryl methyl sites for hydroxylation is 1. The summed E-state index contributed by atoms with van der Waals surface area (Å²) in [6, 6.07) is 2.01. The fraction of sp³-hybridized carbons (Fsp3) is 0.714. The van der Waals surface area contributed by atoms with Crippen LogP contribution in [-0.2, 0) is 6.42 Å². The molecule has 19 heavy (non-hydrogen) atoms. The summed E-state index contributed by atoms with van der Waals surface area (Å²) in [4.78, 5) is 11.3. The van der Waals surface area contributed by atoms with Crippen molar-refractivity contribution in [1.29, 1.82) is 0 Å². The van der Waals surface area contributed by atoms with Gasteiger partial charge in [0.05, 0.1) is 6.10 Å². The van der Waals surface area contributed by atoms with Crippen molar-refractivity contribution in [3.8, 4) is 0 Å². The van der Waals surface area contributed by atoms with Crippen LogP contribution < -0.4 is 10.2 Å². The zero-order valence-corrected chi connectivity index (χ0v) is 12.1. The molecule has 0 spiro atoms. The van der Waals surface area contributed by atoms with Gasteiger partial charge in [0.15, 0.2) is 0 Å². The first-order valence-corrected chi connectivity index (χ1v) is 7.18. The molecule has 2 N–H and O–H groups in total. The molecule has 5 nitrogen and oxygen atoms in total. The molecule has 0 amide bonds. The second-order valence-electron chi connectivity index (χ2n) is 5.15. The van der Waals surface area contributed by atoms with Gasteiger partial charge in [0.2, 0.25) is 0 Å². The number of rotatable bonds is 5. The molecule has 5 heteroatoms. The Morgan fingerprint density at radius 1 is 1.47 bits per heavy atom. The van der Waals surface area contributed by atoms with E-state index in [2.05, 4.69) is 34.0 Å². The third kappa shape index (κ3) is 3.35. The summed E-state index contributed by atoms with van der Waals surface area (Å²) < 4.78 is 0. The van der Waals surface area contributed by atoms with Gasteiger partial charge in [-0.05, 0) is 20.3 Å². The van der Waals surface area contributed by atoms with Crippen molar-refractivity contribution in [3.63, 3.8) is 0 Å². The fourth-order valence-corrected chi connectivity index (χ4v) is 2.46. The van der Waals surface area contributed by atoms with Crippen molar-refractivity contribution in [2.75, 3.05) is 29.9 Å². The van der Waals surface area contributed by atoms with E-state index in [9.17, 15) is 5.11 Å². The van der Waals surface area contributed by atoms with Gasteiger partial charge in [-0.15, -0.1) is 0 Å². The van der Waals surface area contributed by atoms with Crippen LogP contribution in [0, 0.1) is 5.92 Å². The summed E-state index contributed by atoms with van der Waals surface area (Å²) in [7, 11) is 0.